The van der Waals surface area contributed by atoms with E-state index in [2.05, 4.69) is 10.0 Å². The predicted octanol–water partition coefficient (Wildman–Crippen LogP) is 4.83. The van der Waals surface area contributed by atoms with Gasteiger partial charge in [0.1, 0.15) is 11.5 Å². The van der Waals surface area contributed by atoms with Gasteiger partial charge in [0.25, 0.3) is 0 Å². The molecule has 3 aromatic rings. The van der Waals surface area contributed by atoms with Crippen LogP contribution in [-0.2, 0) is 26.0 Å². The van der Waals surface area contributed by atoms with Crippen molar-refractivity contribution < 1.29 is 27.1 Å². The minimum atomic E-state index is -4.05. The normalized spacial score (nSPS) is 11.1. The van der Waals surface area contributed by atoms with Crippen LogP contribution in [0.5, 0.6) is 11.5 Å². The first-order valence-corrected chi connectivity index (χ1v) is 13.7. The van der Waals surface area contributed by atoms with Gasteiger partial charge in [-0.25, -0.2) is 17.5 Å². The number of hydrogen-bond acceptors (Lipinski definition) is 7. The fraction of sp³-hybridized carbons (Fsp3) is 0.160. The van der Waals surface area contributed by atoms with Gasteiger partial charge in [0.2, 0.25) is 15.9 Å². The summed E-state index contributed by atoms with van der Waals surface area (Å²) in [6.45, 7) is -0.328. The predicted molar refractivity (Wildman–Crippen MR) is 145 cm³/mol. The van der Waals surface area contributed by atoms with Gasteiger partial charge in [-0.05, 0) is 49.0 Å². The molecule has 3 rings (SSSR count). The average Bonchev–Trinajstić information content (AvgIpc) is 2.88. The average molecular weight is 614 g/mol. The number of carbonyl (C=O) groups is 2. The molecule has 0 saturated heterocycles. The number of rotatable bonds is 11. The summed E-state index contributed by atoms with van der Waals surface area (Å²) in [6.07, 6.45) is -0.418. The number of nitrogens with zero attached hydrogens (tertiary/aromatic N) is 1. The van der Waals surface area contributed by atoms with Crippen LogP contribution in [0.3, 0.4) is 0 Å². The summed E-state index contributed by atoms with van der Waals surface area (Å²) >= 11 is 18.2. The quantitative estimate of drug-likeness (QED) is 0.280. The van der Waals surface area contributed by atoms with Crippen LogP contribution in [0, 0.1) is 17.1 Å². The molecule has 0 radical (unpaired) electrons. The maximum Gasteiger partial charge on any atom is 0.241 e. The number of benzene rings is 3. The fourth-order valence-electron chi connectivity index (χ4n) is 3.25. The highest BCUT2D eigenvalue weighted by atomic mass is 35.5. The Hall–Kier alpha value is -3.24. The number of ether oxygens (including phenoxy) is 1. The second-order valence-corrected chi connectivity index (χ2v) is 11.0. The van der Waals surface area contributed by atoms with Gasteiger partial charge in [-0.2, -0.15) is 5.26 Å². The van der Waals surface area contributed by atoms with E-state index in [-0.39, 0.29) is 67.0 Å². The van der Waals surface area contributed by atoms with Crippen molar-refractivity contribution >= 4 is 62.2 Å². The molecule has 0 atom stereocenters. The van der Waals surface area contributed by atoms with Gasteiger partial charge in [-0.1, -0.05) is 40.9 Å². The first-order valence-electron chi connectivity index (χ1n) is 11.1. The van der Waals surface area contributed by atoms with E-state index in [9.17, 15) is 18.0 Å². The van der Waals surface area contributed by atoms with Crippen LogP contribution in [0.4, 0.5) is 10.1 Å². The Kier molecular flexibility index (Phi) is 10.3. The number of nitrogens with two attached hydrogens (primary N) is 1. The van der Waals surface area contributed by atoms with Crippen molar-refractivity contribution in [1.29, 1.82) is 5.26 Å². The van der Waals surface area contributed by atoms with Crippen molar-refractivity contribution in [1.82, 2.24) is 4.72 Å². The van der Waals surface area contributed by atoms with Crippen molar-refractivity contribution in [2.45, 2.75) is 17.7 Å². The number of nitrogens with one attached hydrogen (secondary N) is 2. The second kappa shape index (κ2) is 13.2. The zero-order chi connectivity index (χ0) is 28.7. The van der Waals surface area contributed by atoms with Crippen LogP contribution >= 0.6 is 34.8 Å². The Morgan fingerprint density at radius 3 is 2.46 bits per heavy atom. The number of ketones is 1. The molecule has 0 spiro atoms. The smallest absolute Gasteiger partial charge is 0.241 e. The molecule has 4 N–H and O–H groups in total. The van der Waals surface area contributed by atoms with Crippen LogP contribution in [0.2, 0.25) is 15.1 Å². The highest BCUT2D eigenvalue weighted by molar-refractivity contribution is 7.89. The SMILES string of the molecule is N#Cc1cc(Cl)cc(Oc2c(Cl)ccc(CC(=O)Nc3ccc(S(=O)(=O)NCC(=O)CCN)cc3Cl)c2F)c1. The van der Waals surface area contributed by atoms with E-state index in [0.29, 0.717) is 0 Å². The zero-order valence-corrected chi connectivity index (χ0v) is 23.0. The number of sulfonamides is 1. The summed E-state index contributed by atoms with van der Waals surface area (Å²) in [7, 11) is -4.05. The molecule has 1 amide bonds. The van der Waals surface area contributed by atoms with Gasteiger partial charge in [0.05, 0.1) is 45.2 Å². The summed E-state index contributed by atoms with van der Waals surface area (Å²) in [5, 5.41) is 11.6. The summed E-state index contributed by atoms with van der Waals surface area (Å²) in [4.78, 5) is 24.0. The molecule has 0 aliphatic rings. The number of Topliss-reactive ketones (excluding diaryl/α,β-unsaturated/α-hetero) is 1. The number of halogens is 4. The van der Waals surface area contributed by atoms with Crippen molar-refractivity contribution in [3.63, 3.8) is 0 Å². The molecule has 0 unspecified atom stereocenters. The lowest BCUT2D eigenvalue weighted by Gasteiger charge is -2.13. The number of hydrogen-bond donors (Lipinski definition) is 3. The summed E-state index contributed by atoms with van der Waals surface area (Å²) in [6, 6.07) is 12.2. The molecule has 0 fully saturated rings. The van der Waals surface area contributed by atoms with Crippen molar-refractivity contribution in [3.8, 4) is 17.6 Å². The van der Waals surface area contributed by atoms with E-state index < -0.39 is 34.7 Å². The van der Waals surface area contributed by atoms with E-state index in [0.717, 1.165) is 6.07 Å². The third-order valence-electron chi connectivity index (χ3n) is 5.11. The molecule has 0 bridgehead atoms. The van der Waals surface area contributed by atoms with Crippen LogP contribution in [0.1, 0.15) is 17.5 Å². The molecule has 14 heteroatoms. The Bertz CT molecular complexity index is 1580. The second-order valence-electron chi connectivity index (χ2n) is 8.01. The molecule has 39 heavy (non-hydrogen) atoms. The first-order chi connectivity index (χ1) is 18.4. The minimum absolute atomic E-state index is 0.0266. The van der Waals surface area contributed by atoms with E-state index >= 15 is 4.39 Å². The molecule has 204 valence electrons. The van der Waals surface area contributed by atoms with Gasteiger partial charge < -0.3 is 15.8 Å². The fourth-order valence-corrected chi connectivity index (χ4v) is 4.99. The lowest BCUT2D eigenvalue weighted by Crippen LogP contribution is -2.30. The molecule has 0 aliphatic heterocycles. The summed E-state index contributed by atoms with van der Waals surface area (Å²) in [5.41, 5.74) is 5.48. The number of anilines is 1. The molecular formula is C25H20Cl3FN4O5S. The van der Waals surface area contributed by atoms with Gasteiger partial charge in [0.15, 0.2) is 11.6 Å². The van der Waals surface area contributed by atoms with Crippen molar-refractivity contribution in [3.05, 3.63) is 80.5 Å². The van der Waals surface area contributed by atoms with Gasteiger partial charge in [0, 0.05) is 17.0 Å². The lowest BCUT2D eigenvalue weighted by atomic mass is 10.1. The van der Waals surface area contributed by atoms with Gasteiger partial charge in [-0.15, -0.1) is 0 Å². The molecule has 0 saturated carbocycles. The molecule has 0 heterocycles. The van der Waals surface area contributed by atoms with E-state index in [4.69, 9.17) is 50.5 Å². The Labute approximate surface area is 238 Å². The van der Waals surface area contributed by atoms with Gasteiger partial charge in [-0.3, -0.25) is 9.59 Å². The van der Waals surface area contributed by atoms with E-state index in [1.165, 1.54) is 42.5 Å². The van der Waals surface area contributed by atoms with Crippen LogP contribution in [-0.4, -0.2) is 33.2 Å². The van der Waals surface area contributed by atoms with E-state index in [1.807, 2.05) is 6.07 Å². The van der Waals surface area contributed by atoms with Crippen LogP contribution in [0.15, 0.2) is 53.4 Å². The largest absolute Gasteiger partial charge is 0.453 e. The minimum Gasteiger partial charge on any atom is -0.453 e. The lowest BCUT2D eigenvalue weighted by molar-refractivity contribution is -0.118. The molecule has 0 aliphatic carbocycles. The maximum atomic E-state index is 15.2. The van der Waals surface area contributed by atoms with E-state index in [1.54, 1.807) is 0 Å². The Balaban J connectivity index is 1.73. The third kappa shape index (κ3) is 8.12. The topological polar surface area (TPSA) is 151 Å². The number of nitriles is 1. The first kappa shape index (κ1) is 30.3. The highest BCUT2D eigenvalue weighted by Crippen LogP contribution is 2.35. The Morgan fingerprint density at radius 1 is 1.05 bits per heavy atom. The molecule has 3 aromatic carbocycles. The summed E-state index contributed by atoms with van der Waals surface area (Å²) in [5.74, 6) is -2.24. The summed E-state index contributed by atoms with van der Waals surface area (Å²) < 4.78 is 47.8. The Morgan fingerprint density at radius 2 is 1.79 bits per heavy atom. The maximum absolute atomic E-state index is 15.2. The number of carbonyl (C=O) groups excluding carboxylic acids is 2. The van der Waals surface area contributed by atoms with Crippen LogP contribution in [0.25, 0.3) is 0 Å². The standard InChI is InChI=1S/C25H20Cl3FN4O5S/c26-16-7-14(12-31)8-18(10-16)38-25-20(27)3-1-15(24(25)29)9-23(35)33-22-4-2-19(11-21(22)28)39(36,37)32-13-17(34)5-6-30/h1-4,7-8,10-11,32H,5-6,9,13,30H2,(H,33,35). The molecular weight excluding hydrogens is 594 g/mol. The highest BCUT2D eigenvalue weighted by Gasteiger charge is 2.20. The van der Waals surface area contributed by atoms with Gasteiger partial charge >= 0.3 is 0 Å². The van der Waals surface area contributed by atoms with Crippen molar-refractivity contribution in [2.75, 3.05) is 18.4 Å². The van der Waals surface area contributed by atoms with Crippen molar-refractivity contribution in [2.24, 2.45) is 5.73 Å². The molecule has 0 aromatic heterocycles. The third-order valence-corrected chi connectivity index (χ3v) is 7.34. The zero-order valence-electron chi connectivity index (χ0n) is 19.9. The number of amides is 1. The monoisotopic (exact) mass is 612 g/mol. The van der Waals surface area contributed by atoms with Crippen LogP contribution < -0.4 is 20.5 Å². The molecule has 9 nitrogen and oxygen atoms in total.